The lowest BCUT2D eigenvalue weighted by atomic mass is 10.2. The number of rotatable bonds is 6. The van der Waals surface area contributed by atoms with Crippen molar-refractivity contribution < 1.29 is 9.90 Å². The molecule has 0 spiro atoms. The van der Waals surface area contributed by atoms with E-state index in [1.54, 1.807) is 0 Å². The van der Waals surface area contributed by atoms with Gasteiger partial charge in [-0.3, -0.25) is 9.48 Å². The SMILES string of the molecule is CCC(CC)n1ccc(Cn2cc(C(=O)O)ccc2=O)n1. The summed E-state index contributed by atoms with van der Waals surface area (Å²) in [6.45, 7) is 4.49. The first-order chi connectivity index (χ1) is 10.0. The molecule has 112 valence electrons. The minimum Gasteiger partial charge on any atom is -0.478 e. The molecule has 6 nitrogen and oxygen atoms in total. The first kappa shape index (κ1) is 15.0. The van der Waals surface area contributed by atoms with Crippen LogP contribution >= 0.6 is 0 Å². The maximum absolute atomic E-state index is 11.8. The van der Waals surface area contributed by atoms with Crippen LogP contribution in [0.1, 0.15) is 48.8 Å². The van der Waals surface area contributed by atoms with Gasteiger partial charge in [0.25, 0.3) is 5.56 Å². The number of carboxylic acid groups (broad SMARTS) is 1. The predicted molar refractivity (Wildman–Crippen MR) is 78.6 cm³/mol. The lowest BCUT2D eigenvalue weighted by molar-refractivity contribution is 0.0696. The van der Waals surface area contributed by atoms with Gasteiger partial charge in [0.05, 0.1) is 23.8 Å². The van der Waals surface area contributed by atoms with Crippen LogP contribution in [-0.4, -0.2) is 25.4 Å². The van der Waals surface area contributed by atoms with Crippen molar-refractivity contribution in [2.24, 2.45) is 0 Å². The highest BCUT2D eigenvalue weighted by Crippen LogP contribution is 2.14. The Kier molecular flexibility index (Phi) is 4.57. The molecular formula is C15H19N3O3. The zero-order chi connectivity index (χ0) is 15.4. The molecule has 0 aliphatic carbocycles. The van der Waals surface area contributed by atoms with E-state index in [1.165, 1.54) is 22.9 Å². The van der Waals surface area contributed by atoms with Crippen LogP contribution in [0.3, 0.4) is 0 Å². The Morgan fingerprint density at radius 1 is 1.29 bits per heavy atom. The van der Waals surface area contributed by atoms with Gasteiger partial charge in [-0.15, -0.1) is 0 Å². The maximum atomic E-state index is 11.8. The van der Waals surface area contributed by atoms with Crippen LogP contribution in [0.5, 0.6) is 0 Å². The van der Waals surface area contributed by atoms with Crippen LogP contribution in [0.4, 0.5) is 0 Å². The molecule has 0 bridgehead atoms. The lowest BCUT2D eigenvalue weighted by Crippen LogP contribution is -2.21. The van der Waals surface area contributed by atoms with Gasteiger partial charge in [-0.1, -0.05) is 13.8 Å². The number of carboxylic acids is 1. The molecule has 0 aliphatic heterocycles. The first-order valence-corrected chi connectivity index (χ1v) is 7.03. The minimum atomic E-state index is -1.05. The highest BCUT2D eigenvalue weighted by atomic mass is 16.4. The van der Waals surface area contributed by atoms with Gasteiger partial charge in [-0.05, 0) is 25.0 Å². The predicted octanol–water partition coefficient (Wildman–Crippen LogP) is 2.15. The number of carbonyl (C=O) groups is 1. The third-order valence-electron chi connectivity index (χ3n) is 3.54. The van der Waals surface area contributed by atoms with Gasteiger partial charge < -0.3 is 9.67 Å². The van der Waals surface area contributed by atoms with Crippen molar-refractivity contribution in [3.8, 4) is 0 Å². The summed E-state index contributed by atoms with van der Waals surface area (Å²) >= 11 is 0. The highest BCUT2D eigenvalue weighted by molar-refractivity contribution is 5.87. The Balaban J connectivity index is 2.24. The van der Waals surface area contributed by atoms with Crippen molar-refractivity contribution in [2.75, 3.05) is 0 Å². The summed E-state index contributed by atoms with van der Waals surface area (Å²) in [4.78, 5) is 22.7. The van der Waals surface area contributed by atoms with E-state index in [2.05, 4.69) is 18.9 Å². The Morgan fingerprint density at radius 2 is 2.00 bits per heavy atom. The standard InChI is InChI=1S/C15H19N3O3/c1-3-13(4-2)18-8-7-12(16-18)10-17-9-11(15(20)21)5-6-14(17)19/h5-9,13H,3-4,10H2,1-2H3,(H,20,21). The van der Waals surface area contributed by atoms with Gasteiger partial charge in [-0.2, -0.15) is 5.10 Å². The number of nitrogens with zero attached hydrogens (tertiary/aromatic N) is 3. The van der Waals surface area contributed by atoms with Crippen molar-refractivity contribution >= 4 is 5.97 Å². The van der Waals surface area contributed by atoms with E-state index in [1.807, 2.05) is 16.9 Å². The molecule has 2 rings (SSSR count). The molecule has 0 unspecified atom stereocenters. The summed E-state index contributed by atoms with van der Waals surface area (Å²) in [5.41, 5.74) is 0.595. The number of aromatic nitrogens is 3. The molecule has 0 amide bonds. The largest absolute Gasteiger partial charge is 0.478 e. The van der Waals surface area contributed by atoms with Crippen molar-refractivity contribution in [1.29, 1.82) is 0 Å². The van der Waals surface area contributed by atoms with Gasteiger partial charge in [-0.25, -0.2) is 4.79 Å². The topological polar surface area (TPSA) is 77.1 Å². The zero-order valence-electron chi connectivity index (χ0n) is 12.2. The molecule has 0 atom stereocenters. The van der Waals surface area contributed by atoms with Gasteiger partial charge in [0, 0.05) is 18.5 Å². The second-order valence-corrected chi connectivity index (χ2v) is 4.95. The maximum Gasteiger partial charge on any atom is 0.337 e. The van der Waals surface area contributed by atoms with E-state index in [9.17, 15) is 9.59 Å². The third kappa shape index (κ3) is 3.39. The molecule has 0 fully saturated rings. The average Bonchev–Trinajstić information content (AvgIpc) is 2.91. The second kappa shape index (κ2) is 6.39. The van der Waals surface area contributed by atoms with Crippen LogP contribution < -0.4 is 5.56 Å². The molecule has 2 heterocycles. The molecular weight excluding hydrogens is 270 g/mol. The molecule has 21 heavy (non-hydrogen) atoms. The van der Waals surface area contributed by atoms with Crippen molar-refractivity contribution in [3.63, 3.8) is 0 Å². The quantitative estimate of drug-likeness (QED) is 0.884. The first-order valence-electron chi connectivity index (χ1n) is 7.03. The average molecular weight is 289 g/mol. The van der Waals surface area contributed by atoms with Gasteiger partial charge in [0.2, 0.25) is 0 Å². The fourth-order valence-corrected chi connectivity index (χ4v) is 2.28. The smallest absolute Gasteiger partial charge is 0.337 e. The summed E-state index contributed by atoms with van der Waals surface area (Å²) in [6, 6.07) is 4.78. The number of aromatic carboxylic acids is 1. The monoisotopic (exact) mass is 289 g/mol. The minimum absolute atomic E-state index is 0.0917. The Labute approximate surface area is 122 Å². The Morgan fingerprint density at radius 3 is 2.62 bits per heavy atom. The summed E-state index contributed by atoms with van der Waals surface area (Å²) < 4.78 is 3.27. The summed E-state index contributed by atoms with van der Waals surface area (Å²) in [5, 5.41) is 13.4. The van der Waals surface area contributed by atoms with Crippen LogP contribution in [0.2, 0.25) is 0 Å². The highest BCUT2D eigenvalue weighted by Gasteiger charge is 2.10. The fraction of sp³-hybridized carbons (Fsp3) is 0.400. The summed E-state index contributed by atoms with van der Waals surface area (Å²) in [7, 11) is 0. The molecule has 2 aromatic rings. The van der Waals surface area contributed by atoms with E-state index < -0.39 is 5.97 Å². The van der Waals surface area contributed by atoms with Crippen molar-refractivity contribution in [1.82, 2.24) is 14.3 Å². The van der Waals surface area contributed by atoms with E-state index in [4.69, 9.17) is 5.11 Å². The molecule has 0 saturated carbocycles. The zero-order valence-corrected chi connectivity index (χ0v) is 12.2. The molecule has 1 N–H and O–H groups in total. The van der Waals surface area contributed by atoms with E-state index in [0.29, 0.717) is 6.04 Å². The van der Waals surface area contributed by atoms with Crippen molar-refractivity contribution in [2.45, 2.75) is 39.3 Å². The fourth-order valence-electron chi connectivity index (χ4n) is 2.28. The number of pyridine rings is 1. The van der Waals surface area contributed by atoms with Crippen LogP contribution in [0.25, 0.3) is 0 Å². The molecule has 2 aromatic heterocycles. The van der Waals surface area contributed by atoms with Crippen molar-refractivity contribution in [3.05, 3.63) is 52.2 Å². The molecule has 0 aliphatic rings. The lowest BCUT2D eigenvalue weighted by Gasteiger charge is -2.12. The molecule has 0 saturated heterocycles. The van der Waals surface area contributed by atoms with Gasteiger partial charge in [0.15, 0.2) is 0 Å². The Bertz CT molecular complexity index is 683. The molecule has 0 aromatic carbocycles. The van der Waals surface area contributed by atoms with Crippen LogP contribution in [0.15, 0.2) is 35.4 Å². The number of hydrogen-bond donors (Lipinski definition) is 1. The van der Waals surface area contributed by atoms with E-state index in [0.717, 1.165) is 18.5 Å². The molecule has 0 radical (unpaired) electrons. The number of hydrogen-bond acceptors (Lipinski definition) is 3. The van der Waals surface area contributed by atoms with E-state index in [-0.39, 0.29) is 17.7 Å². The summed E-state index contributed by atoms with van der Waals surface area (Å²) in [6.07, 6.45) is 5.23. The van der Waals surface area contributed by atoms with Gasteiger partial charge >= 0.3 is 5.97 Å². The Hall–Kier alpha value is -2.37. The van der Waals surface area contributed by atoms with E-state index >= 15 is 0 Å². The normalized spacial score (nSPS) is 11.0. The van der Waals surface area contributed by atoms with Crippen LogP contribution in [-0.2, 0) is 6.54 Å². The van der Waals surface area contributed by atoms with Gasteiger partial charge in [0.1, 0.15) is 0 Å². The second-order valence-electron chi connectivity index (χ2n) is 4.95. The van der Waals surface area contributed by atoms with Crippen LogP contribution in [0, 0.1) is 0 Å². The summed E-state index contributed by atoms with van der Waals surface area (Å²) in [5.74, 6) is -1.05. The molecule has 6 heteroatoms. The third-order valence-corrected chi connectivity index (χ3v) is 3.54.